The number of nitrogens with zero attached hydrogens (tertiary/aromatic N) is 3. The van der Waals surface area contributed by atoms with Crippen molar-refractivity contribution >= 4 is 28.8 Å². The molecule has 0 aliphatic carbocycles. The van der Waals surface area contributed by atoms with E-state index in [-0.39, 0.29) is 11.8 Å². The molecular weight excluding hydrogens is 378 g/mol. The fourth-order valence-corrected chi connectivity index (χ4v) is 4.94. The van der Waals surface area contributed by atoms with E-state index in [1.807, 2.05) is 36.1 Å². The van der Waals surface area contributed by atoms with E-state index in [0.29, 0.717) is 13.1 Å². The van der Waals surface area contributed by atoms with Gasteiger partial charge in [0.25, 0.3) is 0 Å². The highest BCUT2D eigenvalue weighted by Gasteiger charge is 2.31. The number of aryl methyl sites for hydroxylation is 1. The van der Waals surface area contributed by atoms with Gasteiger partial charge in [-0.25, -0.2) is 9.97 Å². The third-order valence-corrected chi connectivity index (χ3v) is 6.09. The van der Waals surface area contributed by atoms with Gasteiger partial charge in [0.15, 0.2) is 0 Å². The summed E-state index contributed by atoms with van der Waals surface area (Å²) in [5.74, 6) is -0.0293. The van der Waals surface area contributed by atoms with Crippen LogP contribution in [0.25, 0.3) is 11.3 Å². The van der Waals surface area contributed by atoms with Crippen LogP contribution in [-0.2, 0) is 11.3 Å². The molecule has 1 aliphatic heterocycles. The van der Waals surface area contributed by atoms with Crippen LogP contribution in [0.5, 0.6) is 0 Å². The van der Waals surface area contributed by atoms with E-state index in [1.54, 1.807) is 6.33 Å². The Morgan fingerprint density at radius 2 is 2.11 bits per heavy atom. The Hall–Kier alpha value is -2.50. The number of aromatic nitrogens is 2. The first-order valence-electron chi connectivity index (χ1n) is 8.64. The molecule has 0 fully saturated rings. The Morgan fingerprint density at radius 1 is 1.30 bits per heavy atom. The second kappa shape index (κ2) is 7.25. The predicted octanol–water partition coefficient (Wildman–Crippen LogP) is 4.83. The molecule has 4 nitrogen and oxygen atoms in total. The maximum Gasteiger partial charge on any atom is 0.246 e. The minimum Gasteiger partial charge on any atom is -0.333 e. The monoisotopic (exact) mass is 395 g/mol. The maximum absolute atomic E-state index is 12.3. The number of carbonyl (C=O) groups is 1. The number of benzene rings is 1. The number of fused-ring (bicyclic) bond motifs is 1. The lowest BCUT2D eigenvalue weighted by atomic mass is 9.85. The second-order valence-corrected chi connectivity index (χ2v) is 8.30. The second-order valence-electron chi connectivity index (χ2n) is 6.54. The number of hydrogen-bond acceptors (Lipinski definition) is 4. The first kappa shape index (κ1) is 17.9. The van der Waals surface area contributed by atoms with Crippen LogP contribution in [-0.4, -0.2) is 27.3 Å². The molecule has 6 heteroatoms. The van der Waals surface area contributed by atoms with E-state index in [9.17, 15) is 4.79 Å². The molecule has 1 amide bonds. The van der Waals surface area contributed by atoms with Crippen molar-refractivity contribution in [3.05, 3.63) is 81.4 Å². The van der Waals surface area contributed by atoms with Gasteiger partial charge in [-0.2, -0.15) is 0 Å². The van der Waals surface area contributed by atoms with Crippen molar-refractivity contribution in [3.8, 4) is 11.3 Å². The van der Waals surface area contributed by atoms with Gasteiger partial charge in [-0.3, -0.25) is 4.79 Å². The summed E-state index contributed by atoms with van der Waals surface area (Å²) in [4.78, 5) is 23.9. The van der Waals surface area contributed by atoms with Gasteiger partial charge in [0.1, 0.15) is 6.33 Å². The van der Waals surface area contributed by atoms with Crippen LogP contribution in [0, 0.1) is 6.92 Å². The van der Waals surface area contributed by atoms with Crippen molar-refractivity contribution in [3.63, 3.8) is 0 Å². The minimum atomic E-state index is -0.0643. The number of amides is 1. The molecule has 0 saturated heterocycles. The number of rotatable bonds is 3. The van der Waals surface area contributed by atoms with Crippen LogP contribution in [0.2, 0.25) is 4.34 Å². The summed E-state index contributed by atoms with van der Waals surface area (Å²) in [6, 6.07) is 12.2. The van der Waals surface area contributed by atoms with Gasteiger partial charge in [-0.1, -0.05) is 42.4 Å². The highest BCUT2D eigenvalue weighted by Crippen LogP contribution is 2.42. The van der Waals surface area contributed by atoms with Crippen LogP contribution in [0.3, 0.4) is 0 Å². The van der Waals surface area contributed by atoms with E-state index < -0.39 is 0 Å². The van der Waals surface area contributed by atoms with Crippen molar-refractivity contribution in [2.75, 3.05) is 6.54 Å². The van der Waals surface area contributed by atoms with Gasteiger partial charge in [-0.05, 0) is 36.3 Å². The van der Waals surface area contributed by atoms with Gasteiger partial charge in [-0.15, -0.1) is 11.3 Å². The van der Waals surface area contributed by atoms with E-state index in [2.05, 4.69) is 28.7 Å². The number of carbonyl (C=O) groups excluding carboxylic acids is 1. The van der Waals surface area contributed by atoms with Crippen LogP contribution >= 0.6 is 22.9 Å². The summed E-state index contributed by atoms with van der Waals surface area (Å²) in [6.07, 6.45) is 2.96. The molecule has 0 unspecified atom stereocenters. The maximum atomic E-state index is 12.3. The third kappa shape index (κ3) is 3.40. The first-order chi connectivity index (χ1) is 13.1. The lowest BCUT2D eigenvalue weighted by Crippen LogP contribution is -2.37. The lowest BCUT2D eigenvalue weighted by molar-refractivity contribution is -0.127. The Bertz CT molecular complexity index is 1030. The Balaban J connectivity index is 1.85. The average Bonchev–Trinajstić information content (AvgIpc) is 3.06. The zero-order valence-electron chi connectivity index (χ0n) is 14.9. The van der Waals surface area contributed by atoms with E-state index >= 15 is 0 Å². The summed E-state index contributed by atoms with van der Waals surface area (Å²) < 4.78 is 0.744. The summed E-state index contributed by atoms with van der Waals surface area (Å²) in [6.45, 7) is 6.75. The highest BCUT2D eigenvalue weighted by atomic mass is 35.5. The van der Waals surface area contributed by atoms with Gasteiger partial charge < -0.3 is 4.90 Å². The standard InChI is InChI=1S/C21H18ClN3OS/c1-3-21(26)25-10-17(16-9-20(22)27-19(16)11-25)14-6-4-5-7-15(14)18-8-13(2)23-12-24-18/h3-9,12,17H,1,10-11H2,2H3/t17-/m1/s1. The fourth-order valence-electron chi connectivity index (χ4n) is 3.58. The molecule has 4 rings (SSSR count). The van der Waals surface area contributed by atoms with Crippen molar-refractivity contribution in [2.45, 2.75) is 19.4 Å². The molecule has 0 N–H and O–H groups in total. The molecular formula is C21H18ClN3OS. The molecule has 0 radical (unpaired) electrons. The SMILES string of the molecule is C=CC(=O)N1Cc2sc(Cl)cc2[C@@H](c2ccccc2-c2cc(C)ncn2)C1. The van der Waals surface area contributed by atoms with Crippen LogP contribution in [0.1, 0.15) is 27.6 Å². The number of thiophene rings is 1. The molecule has 27 heavy (non-hydrogen) atoms. The molecule has 3 aromatic rings. The van der Waals surface area contributed by atoms with Gasteiger partial charge in [0.2, 0.25) is 5.91 Å². The quantitative estimate of drug-likeness (QED) is 0.597. The third-order valence-electron chi connectivity index (χ3n) is 4.83. The minimum absolute atomic E-state index is 0.0351. The van der Waals surface area contributed by atoms with Gasteiger partial charge >= 0.3 is 0 Å². The smallest absolute Gasteiger partial charge is 0.246 e. The molecule has 136 valence electrons. The van der Waals surface area contributed by atoms with Crippen LogP contribution < -0.4 is 0 Å². The van der Waals surface area contributed by atoms with Crippen LogP contribution in [0.15, 0.2) is 55.4 Å². The molecule has 2 aromatic heterocycles. The van der Waals surface area contributed by atoms with E-state index in [1.165, 1.54) is 23.0 Å². The van der Waals surface area contributed by atoms with Gasteiger partial charge in [0, 0.05) is 28.6 Å². The Labute approximate surface area is 167 Å². The van der Waals surface area contributed by atoms with E-state index in [4.69, 9.17) is 11.6 Å². The van der Waals surface area contributed by atoms with Crippen molar-refractivity contribution in [1.82, 2.24) is 14.9 Å². The molecule has 1 aliphatic rings. The molecule has 0 bridgehead atoms. The van der Waals surface area contributed by atoms with Crippen molar-refractivity contribution in [1.29, 1.82) is 0 Å². The Kier molecular flexibility index (Phi) is 4.81. The summed E-state index contributed by atoms with van der Waals surface area (Å²) in [5.41, 5.74) is 5.17. The van der Waals surface area contributed by atoms with E-state index in [0.717, 1.165) is 31.7 Å². The normalized spacial score (nSPS) is 16.1. The van der Waals surface area contributed by atoms with Gasteiger partial charge in [0.05, 0.1) is 16.6 Å². The fraction of sp³-hybridized carbons (Fsp3) is 0.190. The Morgan fingerprint density at radius 3 is 2.89 bits per heavy atom. The number of halogens is 1. The molecule has 0 saturated carbocycles. The lowest BCUT2D eigenvalue weighted by Gasteiger charge is -2.33. The molecule has 1 aromatic carbocycles. The van der Waals surface area contributed by atoms with Crippen LogP contribution in [0.4, 0.5) is 0 Å². The topological polar surface area (TPSA) is 46.1 Å². The zero-order chi connectivity index (χ0) is 19.0. The predicted molar refractivity (Wildman–Crippen MR) is 109 cm³/mol. The van der Waals surface area contributed by atoms with Crippen molar-refractivity contribution < 1.29 is 4.79 Å². The largest absolute Gasteiger partial charge is 0.333 e. The zero-order valence-corrected chi connectivity index (χ0v) is 16.4. The molecule has 1 atom stereocenters. The summed E-state index contributed by atoms with van der Waals surface area (Å²) >= 11 is 7.85. The highest BCUT2D eigenvalue weighted by molar-refractivity contribution is 7.16. The average molecular weight is 396 g/mol. The van der Waals surface area contributed by atoms with Crippen molar-refractivity contribution in [2.24, 2.45) is 0 Å². The summed E-state index contributed by atoms with van der Waals surface area (Å²) in [7, 11) is 0. The molecule has 0 spiro atoms. The first-order valence-corrected chi connectivity index (χ1v) is 9.83. The summed E-state index contributed by atoms with van der Waals surface area (Å²) in [5, 5.41) is 0. The molecule has 3 heterocycles. The number of hydrogen-bond donors (Lipinski definition) is 0.